The van der Waals surface area contributed by atoms with Gasteiger partial charge in [0.2, 0.25) is 26.0 Å². The van der Waals surface area contributed by atoms with Crippen LogP contribution < -0.4 is 10.1 Å². The van der Waals surface area contributed by atoms with Crippen LogP contribution in [0.15, 0.2) is 58.3 Å². The van der Waals surface area contributed by atoms with Crippen LogP contribution in [-0.4, -0.2) is 64.6 Å². The highest BCUT2D eigenvalue weighted by Crippen LogP contribution is 2.31. The predicted octanol–water partition coefficient (Wildman–Crippen LogP) is 2.91. The van der Waals surface area contributed by atoms with Crippen LogP contribution >= 0.6 is 0 Å². The van der Waals surface area contributed by atoms with Crippen LogP contribution in [0.25, 0.3) is 0 Å². The number of sulfonamides is 2. The monoisotopic (exact) mass is 521 g/mol. The summed E-state index contributed by atoms with van der Waals surface area (Å²) in [4.78, 5) is 13.4. The molecular weight excluding hydrogens is 490 g/mol. The molecular formula is C24H31N3O6S2. The third kappa shape index (κ3) is 5.53. The molecule has 11 heteroatoms. The standard InChI is InChI=1S/C24H31N3O6S2/c1-33-23-11-10-21(35(31,32)26-14-6-3-7-15-26)18-22(23)25-24(28)19-12-16-27(17-13-19)34(29,30)20-8-4-2-5-9-20/h2,4-5,8-11,18-19H,3,6-7,12-17H2,1H3,(H,25,28). The maximum Gasteiger partial charge on any atom is 0.243 e. The summed E-state index contributed by atoms with van der Waals surface area (Å²) in [5.74, 6) is -0.322. The zero-order valence-corrected chi connectivity index (χ0v) is 21.4. The van der Waals surface area contributed by atoms with Gasteiger partial charge in [-0.1, -0.05) is 24.6 Å². The Morgan fingerprint density at radius 3 is 2.06 bits per heavy atom. The van der Waals surface area contributed by atoms with Crippen LogP contribution in [0, 0.1) is 5.92 Å². The molecule has 2 heterocycles. The van der Waals surface area contributed by atoms with Gasteiger partial charge in [-0.25, -0.2) is 16.8 Å². The number of carbonyl (C=O) groups is 1. The molecule has 35 heavy (non-hydrogen) atoms. The average molecular weight is 522 g/mol. The van der Waals surface area contributed by atoms with Crippen molar-refractivity contribution in [1.82, 2.24) is 8.61 Å². The molecule has 4 rings (SSSR count). The first-order chi connectivity index (χ1) is 16.7. The van der Waals surface area contributed by atoms with E-state index in [0.717, 1.165) is 19.3 Å². The van der Waals surface area contributed by atoms with Gasteiger partial charge in [0.15, 0.2) is 0 Å². The minimum atomic E-state index is -3.67. The highest BCUT2D eigenvalue weighted by molar-refractivity contribution is 7.89. The van der Waals surface area contributed by atoms with Crippen molar-refractivity contribution in [3.63, 3.8) is 0 Å². The van der Waals surface area contributed by atoms with E-state index in [0.29, 0.717) is 31.7 Å². The smallest absolute Gasteiger partial charge is 0.243 e. The second-order valence-electron chi connectivity index (χ2n) is 8.81. The molecule has 190 valence electrons. The molecule has 2 aliphatic heterocycles. The maximum atomic E-state index is 13.1. The quantitative estimate of drug-likeness (QED) is 0.600. The van der Waals surface area contributed by atoms with Crippen molar-refractivity contribution in [2.24, 2.45) is 5.92 Å². The zero-order valence-electron chi connectivity index (χ0n) is 19.7. The summed E-state index contributed by atoms with van der Waals surface area (Å²) in [6.07, 6.45) is 3.41. The van der Waals surface area contributed by atoms with Gasteiger partial charge in [-0.2, -0.15) is 8.61 Å². The second kappa shape index (κ2) is 10.7. The van der Waals surface area contributed by atoms with Gasteiger partial charge in [-0.3, -0.25) is 4.79 Å². The summed E-state index contributed by atoms with van der Waals surface area (Å²) >= 11 is 0. The number of hydrogen-bond donors (Lipinski definition) is 1. The number of anilines is 1. The van der Waals surface area contributed by atoms with Crippen molar-refractivity contribution in [1.29, 1.82) is 0 Å². The van der Waals surface area contributed by atoms with E-state index in [-0.39, 0.29) is 34.5 Å². The summed E-state index contributed by atoms with van der Waals surface area (Å²) in [7, 11) is -5.82. The maximum absolute atomic E-state index is 13.1. The minimum absolute atomic E-state index is 0.110. The number of amides is 1. The number of methoxy groups -OCH3 is 1. The number of ether oxygens (including phenoxy) is 1. The molecule has 2 fully saturated rings. The van der Waals surface area contributed by atoms with Crippen LogP contribution in [0.5, 0.6) is 5.75 Å². The average Bonchev–Trinajstić information content (AvgIpc) is 2.89. The third-order valence-electron chi connectivity index (χ3n) is 6.59. The van der Waals surface area contributed by atoms with Gasteiger partial charge in [0.25, 0.3) is 0 Å². The molecule has 2 saturated heterocycles. The van der Waals surface area contributed by atoms with Crippen molar-refractivity contribution in [2.45, 2.75) is 41.9 Å². The Labute approximate surface area is 207 Å². The lowest BCUT2D eigenvalue weighted by molar-refractivity contribution is -0.120. The summed E-state index contributed by atoms with van der Waals surface area (Å²) in [5.41, 5.74) is 0.287. The Hall–Kier alpha value is -2.47. The van der Waals surface area contributed by atoms with Gasteiger partial charge in [0.05, 0.1) is 22.6 Å². The molecule has 2 aromatic carbocycles. The molecule has 0 aliphatic carbocycles. The lowest BCUT2D eigenvalue weighted by atomic mass is 9.97. The molecule has 0 saturated carbocycles. The van der Waals surface area contributed by atoms with Gasteiger partial charge in [0.1, 0.15) is 5.75 Å². The zero-order chi connectivity index (χ0) is 25.1. The van der Waals surface area contributed by atoms with Gasteiger partial charge < -0.3 is 10.1 Å². The van der Waals surface area contributed by atoms with E-state index in [1.54, 1.807) is 36.4 Å². The number of hydrogen-bond acceptors (Lipinski definition) is 6. The number of piperidine rings is 2. The van der Waals surface area contributed by atoms with Gasteiger partial charge in [0, 0.05) is 32.1 Å². The largest absolute Gasteiger partial charge is 0.495 e. The van der Waals surface area contributed by atoms with E-state index in [1.807, 2.05) is 0 Å². The molecule has 0 unspecified atom stereocenters. The van der Waals surface area contributed by atoms with E-state index in [1.165, 1.54) is 27.9 Å². The fourth-order valence-corrected chi connectivity index (χ4v) is 7.57. The molecule has 0 atom stereocenters. The molecule has 0 aromatic heterocycles. The second-order valence-corrected chi connectivity index (χ2v) is 12.7. The van der Waals surface area contributed by atoms with E-state index < -0.39 is 26.0 Å². The Morgan fingerprint density at radius 2 is 1.43 bits per heavy atom. The van der Waals surface area contributed by atoms with Crippen LogP contribution in [0.4, 0.5) is 5.69 Å². The number of nitrogens with zero attached hydrogens (tertiary/aromatic N) is 2. The van der Waals surface area contributed by atoms with Crippen LogP contribution in [-0.2, 0) is 24.8 Å². The van der Waals surface area contributed by atoms with Crippen molar-refractivity contribution in [3.8, 4) is 5.75 Å². The van der Waals surface area contributed by atoms with Crippen molar-refractivity contribution in [3.05, 3.63) is 48.5 Å². The lowest BCUT2D eigenvalue weighted by Crippen LogP contribution is -2.41. The lowest BCUT2D eigenvalue weighted by Gasteiger charge is -2.30. The Bertz CT molecular complexity index is 1250. The van der Waals surface area contributed by atoms with Crippen LogP contribution in [0.2, 0.25) is 0 Å². The molecule has 0 spiro atoms. The highest BCUT2D eigenvalue weighted by atomic mass is 32.2. The number of carbonyl (C=O) groups excluding carboxylic acids is 1. The van der Waals surface area contributed by atoms with E-state index in [4.69, 9.17) is 4.74 Å². The first kappa shape index (κ1) is 25.6. The SMILES string of the molecule is COc1ccc(S(=O)(=O)N2CCCCC2)cc1NC(=O)C1CCN(S(=O)(=O)c2ccccc2)CC1. The number of nitrogens with one attached hydrogen (secondary N) is 1. The summed E-state index contributed by atoms with van der Waals surface area (Å²) in [5, 5.41) is 2.82. The first-order valence-electron chi connectivity index (χ1n) is 11.8. The third-order valence-corrected chi connectivity index (χ3v) is 10.4. The summed E-state index contributed by atoms with van der Waals surface area (Å²) in [6, 6.07) is 12.7. The summed E-state index contributed by atoms with van der Waals surface area (Å²) in [6.45, 7) is 1.44. The Morgan fingerprint density at radius 1 is 0.829 bits per heavy atom. The van der Waals surface area contributed by atoms with Crippen LogP contribution in [0.3, 0.4) is 0 Å². The predicted molar refractivity (Wildman–Crippen MR) is 132 cm³/mol. The highest BCUT2D eigenvalue weighted by Gasteiger charge is 2.33. The van der Waals surface area contributed by atoms with Crippen molar-refractivity contribution in [2.75, 3.05) is 38.6 Å². The number of benzene rings is 2. The van der Waals surface area contributed by atoms with E-state index in [9.17, 15) is 21.6 Å². The van der Waals surface area contributed by atoms with Gasteiger partial charge in [-0.05, 0) is 56.0 Å². The van der Waals surface area contributed by atoms with Crippen LogP contribution in [0.1, 0.15) is 32.1 Å². The fourth-order valence-electron chi connectivity index (χ4n) is 4.53. The van der Waals surface area contributed by atoms with Gasteiger partial charge >= 0.3 is 0 Å². The number of rotatable bonds is 7. The topological polar surface area (TPSA) is 113 Å². The molecule has 0 bridgehead atoms. The van der Waals surface area contributed by atoms with E-state index in [2.05, 4.69) is 5.32 Å². The fraction of sp³-hybridized carbons (Fsp3) is 0.458. The molecule has 2 aromatic rings. The van der Waals surface area contributed by atoms with E-state index >= 15 is 0 Å². The molecule has 0 radical (unpaired) electrons. The Kier molecular flexibility index (Phi) is 7.80. The van der Waals surface area contributed by atoms with Gasteiger partial charge in [-0.15, -0.1) is 0 Å². The van der Waals surface area contributed by atoms with Crippen molar-refractivity contribution < 1.29 is 26.4 Å². The molecule has 1 N–H and O–H groups in total. The summed E-state index contributed by atoms with van der Waals surface area (Å²) < 4.78 is 60.1. The normalized spacial score (nSPS) is 18.8. The molecule has 1 amide bonds. The van der Waals surface area contributed by atoms with Crippen molar-refractivity contribution >= 4 is 31.6 Å². The molecule has 2 aliphatic rings. The Balaban J connectivity index is 1.45. The first-order valence-corrected chi connectivity index (χ1v) is 14.7. The molecule has 9 nitrogen and oxygen atoms in total. The minimum Gasteiger partial charge on any atom is -0.495 e.